The Morgan fingerprint density at radius 2 is 1.96 bits per heavy atom. The third kappa shape index (κ3) is 4.10. The van der Waals surface area contributed by atoms with Crippen molar-refractivity contribution in [1.29, 1.82) is 0 Å². The van der Waals surface area contributed by atoms with Crippen LogP contribution in [0, 0.1) is 6.92 Å². The van der Waals surface area contributed by atoms with Crippen molar-refractivity contribution in [2.75, 3.05) is 19.0 Å². The van der Waals surface area contributed by atoms with Crippen molar-refractivity contribution in [3.8, 4) is 5.75 Å². The van der Waals surface area contributed by atoms with Gasteiger partial charge in [0.1, 0.15) is 5.75 Å². The van der Waals surface area contributed by atoms with Gasteiger partial charge < -0.3 is 14.8 Å². The second-order valence-corrected chi connectivity index (χ2v) is 5.63. The number of benzene rings is 1. The molecule has 0 unspecified atom stereocenters. The Balaban J connectivity index is 2.05. The van der Waals surface area contributed by atoms with Gasteiger partial charge in [-0.1, -0.05) is 15.9 Å². The fraction of sp³-hybridized carbons (Fsp3) is 0.267. The molecule has 0 aliphatic rings. The molecule has 0 aliphatic carbocycles. The zero-order valence-corrected chi connectivity index (χ0v) is 14.5. The van der Waals surface area contributed by atoms with Gasteiger partial charge in [0.15, 0.2) is 12.3 Å². The van der Waals surface area contributed by atoms with Crippen molar-refractivity contribution < 1.29 is 19.1 Å². The van der Waals surface area contributed by atoms with Gasteiger partial charge in [-0.2, -0.15) is 5.10 Å². The number of hydrogen-bond acceptors (Lipinski definition) is 5. The van der Waals surface area contributed by atoms with Gasteiger partial charge in [0, 0.05) is 11.5 Å². The van der Waals surface area contributed by atoms with Gasteiger partial charge in [0.2, 0.25) is 0 Å². The number of nitrogens with zero attached hydrogens (tertiary/aromatic N) is 2. The summed E-state index contributed by atoms with van der Waals surface area (Å²) in [5.74, 6) is -0.397. The van der Waals surface area contributed by atoms with Gasteiger partial charge in [-0.15, -0.1) is 0 Å². The molecule has 0 saturated heterocycles. The Bertz CT molecular complexity index is 725. The van der Waals surface area contributed by atoms with Crippen molar-refractivity contribution >= 4 is 33.5 Å². The van der Waals surface area contributed by atoms with E-state index in [4.69, 9.17) is 9.47 Å². The number of carbonyl (C=O) groups excluding carboxylic acids is 2. The maximum absolute atomic E-state index is 12.0. The van der Waals surface area contributed by atoms with E-state index in [1.165, 1.54) is 11.8 Å². The van der Waals surface area contributed by atoms with Crippen molar-refractivity contribution in [1.82, 2.24) is 9.78 Å². The van der Waals surface area contributed by atoms with Crippen molar-refractivity contribution in [3.05, 3.63) is 40.1 Å². The van der Waals surface area contributed by atoms with E-state index < -0.39 is 11.9 Å². The van der Waals surface area contributed by atoms with Crippen LogP contribution >= 0.6 is 15.9 Å². The number of aromatic nitrogens is 2. The molecular weight excluding hydrogens is 366 g/mol. The molecule has 0 saturated carbocycles. The Morgan fingerprint density at radius 1 is 1.30 bits per heavy atom. The first-order valence-electron chi connectivity index (χ1n) is 6.72. The minimum absolute atomic E-state index is 0.182. The van der Waals surface area contributed by atoms with Crippen LogP contribution in [0.25, 0.3) is 0 Å². The molecule has 0 radical (unpaired) electrons. The third-order valence-electron chi connectivity index (χ3n) is 3.05. The Morgan fingerprint density at radius 3 is 2.57 bits per heavy atom. The third-order valence-corrected chi connectivity index (χ3v) is 3.58. The molecule has 23 heavy (non-hydrogen) atoms. The molecule has 122 valence electrons. The van der Waals surface area contributed by atoms with E-state index in [2.05, 4.69) is 26.3 Å². The molecule has 0 bridgehead atoms. The van der Waals surface area contributed by atoms with Crippen LogP contribution in [0.1, 0.15) is 16.2 Å². The Kier molecular flexibility index (Phi) is 5.38. The summed E-state index contributed by atoms with van der Waals surface area (Å²) >= 11 is 3.32. The van der Waals surface area contributed by atoms with Crippen LogP contribution in [0.3, 0.4) is 0 Å². The van der Waals surface area contributed by atoms with Crippen molar-refractivity contribution in [3.63, 3.8) is 0 Å². The maximum atomic E-state index is 12.0. The molecule has 2 aromatic rings. The fourth-order valence-corrected chi connectivity index (χ4v) is 2.26. The van der Waals surface area contributed by atoms with Crippen LogP contribution in [0.4, 0.5) is 5.69 Å². The number of amides is 1. The zero-order valence-electron chi connectivity index (χ0n) is 12.9. The molecule has 0 aliphatic heterocycles. The standard InChI is InChI=1S/C15H16BrN3O4/c1-9-13(14(15(21)22-3)19(2)18-9)17-12(20)8-23-11-6-4-10(16)5-7-11/h4-7H,8H2,1-3H3,(H,17,20). The number of rotatable bonds is 5. The van der Waals surface area contributed by atoms with Crippen LogP contribution in [0.15, 0.2) is 28.7 Å². The molecule has 1 amide bonds. The summed E-state index contributed by atoms with van der Waals surface area (Å²) in [6.45, 7) is 1.51. The average Bonchev–Trinajstić information content (AvgIpc) is 2.80. The molecule has 1 heterocycles. The van der Waals surface area contributed by atoms with E-state index in [1.807, 2.05) is 12.1 Å². The molecule has 7 nitrogen and oxygen atoms in total. The van der Waals surface area contributed by atoms with E-state index >= 15 is 0 Å². The summed E-state index contributed by atoms with van der Waals surface area (Å²) in [6.07, 6.45) is 0. The lowest BCUT2D eigenvalue weighted by atomic mass is 10.3. The van der Waals surface area contributed by atoms with Gasteiger partial charge in [0.05, 0.1) is 18.5 Å². The summed E-state index contributed by atoms with van der Waals surface area (Å²) in [6, 6.07) is 7.11. The molecule has 8 heteroatoms. The summed E-state index contributed by atoms with van der Waals surface area (Å²) in [7, 11) is 2.88. The number of ether oxygens (including phenoxy) is 2. The Hall–Kier alpha value is -2.35. The smallest absolute Gasteiger partial charge is 0.358 e. The van der Waals surface area contributed by atoms with Crippen LogP contribution < -0.4 is 10.1 Å². The summed E-state index contributed by atoms with van der Waals surface area (Å²) in [5, 5.41) is 6.76. The van der Waals surface area contributed by atoms with E-state index in [9.17, 15) is 9.59 Å². The largest absolute Gasteiger partial charge is 0.484 e. The molecule has 0 spiro atoms. The highest BCUT2D eigenvalue weighted by atomic mass is 79.9. The SMILES string of the molecule is COC(=O)c1c(NC(=O)COc2ccc(Br)cc2)c(C)nn1C. The van der Waals surface area contributed by atoms with Crippen LogP contribution in [-0.4, -0.2) is 35.4 Å². The van der Waals surface area contributed by atoms with Crippen LogP contribution in [-0.2, 0) is 16.6 Å². The number of aryl methyl sites for hydroxylation is 2. The number of hydrogen-bond donors (Lipinski definition) is 1. The van der Waals surface area contributed by atoms with E-state index in [-0.39, 0.29) is 12.3 Å². The molecule has 2 rings (SSSR count). The Labute approximate surface area is 141 Å². The van der Waals surface area contributed by atoms with Crippen LogP contribution in [0.5, 0.6) is 5.75 Å². The van der Waals surface area contributed by atoms with Crippen molar-refractivity contribution in [2.24, 2.45) is 7.05 Å². The fourth-order valence-electron chi connectivity index (χ4n) is 1.99. The zero-order chi connectivity index (χ0) is 17.0. The minimum atomic E-state index is -0.572. The van der Waals surface area contributed by atoms with Gasteiger partial charge in [-0.05, 0) is 31.2 Å². The normalized spacial score (nSPS) is 10.3. The quantitative estimate of drug-likeness (QED) is 0.803. The summed E-state index contributed by atoms with van der Waals surface area (Å²) in [5.41, 5.74) is 1.02. The first kappa shape index (κ1) is 17.0. The lowest BCUT2D eigenvalue weighted by molar-refractivity contribution is -0.118. The van der Waals surface area contributed by atoms with E-state index in [0.29, 0.717) is 17.1 Å². The second kappa shape index (κ2) is 7.28. The lowest BCUT2D eigenvalue weighted by Crippen LogP contribution is -2.22. The summed E-state index contributed by atoms with van der Waals surface area (Å²) < 4.78 is 12.4. The number of esters is 1. The first-order valence-corrected chi connectivity index (χ1v) is 7.51. The van der Waals surface area contributed by atoms with E-state index in [0.717, 1.165) is 4.47 Å². The number of anilines is 1. The van der Waals surface area contributed by atoms with Gasteiger partial charge >= 0.3 is 5.97 Å². The number of methoxy groups -OCH3 is 1. The molecule has 1 aromatic heterocycles. The highest BCUT2D eigenvalue weighted by Crippen LogP contribution is 2.21. The van der Waals surface area contributed by atoms with Crippen LogP contribution in [0.2, 0.25) is 0 Å². The molecule has 0 atom stereocenters. The van der Waals surface area contributed by atoms with E-state index in [1.54, 1.807) is 26.1 Å². The molecule has 0 fully saturated rings. The molecule has 1 N–H and O–H groups in total. The maximum Gasteiger partial charge on any atom is 0.358 e. The average molecular weight is 382 g/mol. The first-order chi connectivity index (χ1) is 10.9. The highest BCUT2D eigenvalue weighted by molar-refractivity contribution is 9.10. The van der Waals surface area contributed by atoms with Gasteiger partial charge in [0.25, 0.3) is 5.91 Å². The topological polar surface area (TPSA) is 82.4 Å². The van der Waals surface area contributed by atoms with Crippen molar-refractivity contribution in [2.45, 2.75) is 6.92 Å². The molecular formula is C15H16BrN3O4. The van der Waals surface area contributed by atoms with Gasteiger partial charge in [-0.3, -0.25) is 9.48 Å². The lowest BCUT2D eigenvalue weighted by Gasteiger charge is -2.08. The van der Waals surface area contributed by atoms with Gasteiger partial charge in [-0.25, -0.2) is 4.79 Å². The number of halogens is 1. The number of carbonyl (C=O) groups is 2. The predicted molar refractivity (Wildman–Crippen MR) is 87.6 cm³/mol. The number of nitrogens with one attached hydrogen (secondary N) is 1. The second-order valence-electron chi connectivity index (χ2n) is 4.71. The minimum Gasteiger partial charge on any atom is -0.484 e. The molecule has 1 aromatic carbocycles. The highest BCUT2D eigenvalue weighted by Gasteiger charge is 2.22. The summed E-state index contributed by atoms with van der Waals surface area (Å²) in [4.78, 5) is 23.8. The predicted octanol–water partition coefficient (Wildman–Crippen LogP) is 2.30. The monoisotopic (exact) mass is 381 g/mol.